The standard InChI is InChI=1S/C15H23N3S/c1-12(2)9-18(10-14-13(3)5-8-19-14)11-15-16-6-7-17(15)4/h5-8,12H,9-11H2,1-4H3. The van der Waals surface area contributed by atoms with Gasteiger partial charge < -0.3 is 4.57 Å². The van der Waals surface area contributed by atoms with Gasteiger partial charge in [0.15, 0.2) is 0 Å². The summed E-state index contributed by atoms with van der Waals surface area (Å²) < 4.78 is 2.11. The van der Waals surface area contributed by atoms with Crippen molar-refractivity contribution in [3.8, 4) is 0 Å². The van der Waals surface area contributed by atoms with Gasteiger partial charge in [0.05, 0.1) is 6.54 Å². The van der Waals surface area contributed by atoms with Crippen LogP contribution in [0.1, 0.15) is 30.1 Å². The quantitative estimate of drug-likeness (QED) is 0.806. The molecule has 0 atom stereocenters. The van der Waals surface area contributed by atoms with E-state index in [9.17, 15) is 0 Å². The topological polar surface area (TPSA) is 21.1 Å². The molecule has 0 radical (unpaired) electrons. The lowest BCUT2D eigenvalue weighted by atomic mass is 10.2. The van der Waals surface area contributed by atoms with Crippen molar-refractivity contribution in [1.29, 1.82) is 0 Å². The smallest absolute Gasteiger partial charge is 0.122 e. The number of aryl methyl sites for hydroxylation is 2. The van der Waals surface area contributed by atoms with E-state index in [1.807, 2.05) is 23.7 Å². The Kier molecular flexibility index (Phi) is 4.77. The minimum atomic E-state index is 0.667. The van der Waals surface area contributed by atoms with Crippen molar-refractivity contribution in [1.82, 2.24) is 14.5 Å². The van der Waals surface area contributed by atoms with E-state index < -0.39 is 0 Å². The molecule has 0 spiro atoms. The Morgan fingerprint density at radius 3 is 2.68 bits per heavy atom. The largest absolute Gasteiger partial charge is 0.337 e. The molecule has 0 unspecified atom stereocenters. The summed E-state index contributed by atoms with van der Waals surface area (Å²) in [6.45, 7) is 9.78. The third-order valence-corrected chi connectivity index (χ3v) is 4.25. The minimum Gasteiger partial charge on any atom is -0.337 e. The maximum absolute atomic E-state index is 4.44. The Morgan fingerprint density at radius 2 is 2.16 bits per heavy atom. The van der Waals surface area contributed by atoms with Crippen molar-refractivity contribution in [2.24, 2.45) is 13.0 Å². The van der Waals surface area contributed by atoms with Crippen LogP contribution in [0.2, 0.25) is 0 Å². The third kappa shape index (κ3) is 3.91. The van der Waals surface area contributed by atoms with Crippen LogP contribution < -0.4 is 0 Å². The predicted octanol–water partition coefficient (Wildman–Crippen LogP) is 3.45. The molecule has 0 aromatic carbocycles. The van der Waals surface area contributed by atoms with Crippen molar-refractivity contribution < 1.29 is 0 Å². The molecule has 0 saturated heterocycles. The molecule has 0 N–H and O–H groups in total. The molecule has 0 fully saturated rings. The highest BCUT2D eigenvalue weighted by Gasteiger charge is 2.13. The lowest BCUT2D eigenvalue weighted by Gasteiger charge is -2.23. The van der Waals surface area contributed by atoms with Crippen LogP contribution in [0.3, 0.4) is 0 Å². The Morgan fingerprint density at radius 1 is 1.37 bits per heavy atom. The van der Waals surface area contributed by atoms with Crippen molar-refractivity contribution in [3.63, 3.8) is 0 Å². The summed E-state index contributed by atoms with van der Waals surface area (Å²) in [5.41, 5.74) is 1.40. The number of nitrogens with zero attached hydrogens (tertiary/aromatic N) is 3. The van der Waals surface area contributed by atoms with Crippen LogP contribution in [0.4, 0.5) is 0 Å². The van der Waals surface area contributed by atoms with Crippen LogP contribution in [0, 0.1) is 12.8 Å². The fourth-order valence-corrected chi connectivity index (χ4v) is 3.17. The molecule has 0 aliphatic carbocycles. The Hall–Kier alpha value is -1.13. The predicted molar refractivity (Wildman–Crippen MR) is 81.2 cm³/mol. The second-order valence-electron chi connectivity index (χ2n) is 5.54. The average Bonchev–Trinajstić information content (AvgIpc) is 2.89. The van der Waals surface area contributed by atoms with E-state index in [4.69, 9.17) is 0 Å². The molecular weight excluding hydrogens is 254 g/mol. The third-order valence-electron chi connectivity index (χ3n) is 3.24. The van der Waals surface area contributed by atoms with Crippen LogP contribution in [0.15, 0.2) is 23.8 Å². The maximum Gasteiger partial charge on any atom is 0.122 e. The summed E-state index contributed by atoms with van der Waals surface area (Å²) in [5, 5.41) is 2.18. The Balaban J connectivity index is 2.08. The summed E-state index contributed by atoms with van der Waals surface area (Å²) in [4.78, 5) is 8.40. The first-order valence-corrected chi connectivity index (χ1v) is 7.65. The van der Waals surface area contributed by atoms with Gasteiger partial charge in [0.2, 0.25) is 0 Å². The molecule has 3 nitrogen and oxygen atoms in total. The van der Waals surface area contributed by atoms with Crippen molar-refractivity contribution in [2.45, 2.75) is 33.9 Å². The van der Waals surface area contributed by atoms with E-state index in [1.165, 1.54) is 10.4 Å². The van der Waals surface area contributed by atoms with Gasteiger partial charge in [-0.3, -0.25) is 4.90 Å². The second-order valence-corrected chi connectivity index (χ2v) is 6.55. The molecule has 2 heterocycles. The number of imidazole rings is 1. The van der Waals surface area contributed by atoms with Gasteiger partial charge in [0, 0.05) is 37.4 Å². The first-order chi connectivity index (χ1) is 9.06. The highest BCUT2D eigenvalue weighted by atomic mass is 32.1. The van der Waals surface area contributed by atoms with E-state index in [-0.39, 0.29) is 0 Å². The van der Waals surface area contributed by atoms with Gasteiger partial charge in [0.25, 0.3) is 0 Å². The zero-order chi connectivity index (χ0) is 13.8. The molecule has 4 heteroatoms. The molecule has 2 aromatic heterocycles. The normalized spacial score (nSPS) is 11.7. The van der Waals surface area contributed by atoms with Crippen molar-refractivity contribution >= 4 is 11.3 Å². The minimum absolute atomic E-state index is 0.667. The van der Waals surface area contributed by atoms with Gasteiger partial charge in [-0.25, -0.2) is 4.98 Å². The van der Waals surface area contributed by atoms with Gasteiger partial charge in [-0.15, -0.1) is 11.3 Å². The summed E-state index contributed by atoms with van der Waals surface area (Å²) in [7, 11) is 2.06. The number of hydrogen-bond donors (Lipinski definition) is 0. The van der Waals surface area contributed by atoms with Gasteiger partial charge in [-0.2, -0.15) is 0 Å². The number of hydrogen-bond acceptors (Lipinski definition) is 3. The van der Waals surface area contributed by atoms with Crippen LogP contribution in [0.5, 0.6) is 0 Å². The number of aromatic nitrogens is 2. The van der Waals surface area contributed by atoms with E-state index in [0.29, 0.717) is 5.92 Å². The van der Waals surface area contributed by atoms with Gasteiger partial charge in [-0.1, -0.05) is 13.8 Å². The maximum atomic E-state index is 4.44. The number of rotatable bonds is 6. The molecule has 0 aliphatic heterocycles. The zero-order valence-corrected chi connectivity index (χ0v) is 13.1. The highest BCUT2D eigenvalue weighted by molar-refractivity contribution is 7.10. The van der Waals surface area contributed by atoms with Crippen LogP contribution >= 0.6 is 11.3 Å². The summed E-state index contributed by atoms with van der Waals surface area (Å²) in [5.74, 6) is 1.80. The lowest BCUT2D eigenvalue weighted by Crippen LogP contribution is -2.28. The summed E-state index contributed by atoms with van der Waals surface area (Å²) in [6.07, 6.45) is 3.89. The van der Waals surface area contributed by atoms with E-state index >= 15 is 0 Å². The molecule has 19 heavy (non-hydrogen) atoms. The average molecular weight is 277 g/mol. The SMILES string of the molecule is Cc1ccsc1CN(Cc1nccn1C)CC(C)C. The Labute approximate surface area is 119 Å². The second kappa shape index (κ2) is 6.35. The highest BCUT2D eigenvalue weighted by Crippen LogP contribution is 2.19. The first-order valence-electron chi connectivity index (χ1n) is 6.77. The van der Waals surface area contributed by atoms with Crippen LogP contribution in [0.25, 0.3) is 0 Å². The monoisotopic (exact) mass is 277 g/mol. The number of thiophene rings is 1. The van der Waals surface area contributed by atoms with E-state index in [2.05, 4.69) is 53.7 Å². The molecular formula is C15H23N3S. The summed E-state index contributed by atoms with van der Waals surface area (Å²) >= 11 is 1.85. The van der Waals surface area contributed by atoms with Gasteiger partial charge in [-0.05, 0) is 29.9 Å². The molecule has 2 rings (SSSR count). The first kappa shape index (κ1) is 14.3. The lowest BCUT2D eigenvalue weighted by molar-refractivity contribution is 0.222. The Bertz CT molecular complexity index is 471. The van der Waals surface area contributed by atoms with E-state index in [1.54, 1.807) is 0 Å². The van der Waals surface area contributed by atoms with Gasteiger partial charge in [0.1, 0.15) is 5.82 Å². The van der Waals surface area contributed by atoms with Gasteiger partial charge >= 0.3 is 0 Å². The fourth-order valence-electron chi connectivity index (χ4n) is 2.22. The van der Waals surface area contributed by atoms with Crippen LogP contribution in [-0.2, 0) is 20.1 Å². The fraction of sp³-hybridized carbons (Fsp3) is 0.533. The zero-order valence-electron chi connectivity index (χ0n) is 12.3. The molecule has 104 valence electrons. The van der Waals surface area contributed by atoms with Crippen LogP contribution in [-0.4, -0.2) is 21.0 Å². The molecule has 2 aromatic rings. The molecule has 0 saturated carbocycles. The molecule has 0 bridgehead atoms. The molecule has 0 aliphatic rings. The van der Waals surface area contributed by atoms with Crippen molar-refractivity contribution in [3.05, 3.63) is 40.1 Å². The summed E-state index contributed by atoms with van der Waals surface area (Å²) in [6, 6.07) is 2.20. The molecule has 0 amide bonds. The van der Waals surface area contributed by atoms with Crippen molar-refractivity contribution in [2.75, 3.05) is 6.54 Å². The van der Waals surface area contributed by atoms with E-state index in [0.717, 1.165) is 25.5 Å².